The summed E-state index contributed by atoms with van der Waals surface area (Å²) in [7, 11) is 5.20. The second-order valence-corrected chi connectivity index (χ2v) is 15.5. The van der Waals surface area contributed by atoms with Crippen molar-refractivity contribution in [1.82, 2.24) is 33.6 Å². The predicted octanol–water partition coefficient (Wildman–Crippen LogP) is 3.56. The van der Waals surface area contributed by atoms with Gasteiger partial charge < -0.3 is 20.1 Å². The number of ether oxygens (including phenoxy) is 1. The lowest BCUT2D eigenvalue weighted by atomic mass is 9.98. The highest BCUT2D eigenvalue weighted by atomic mass is 35.5. The molecule has 0 amide bonds. The van der Waals surface area contributed by atoms with Gasteiger partial charge in [0.05, 0.1) is 12.7 Å². The van der Waals surface area contributed by atoms with Crippen LogP contribution in [0.5, 0.6) is 0 Å². The number of fused-ring (bicyclic) bond motifs is 2. The first-order valence-electron chi connectivity index (χ1n) is 20.1. The number of aliphatic hydroxyl groups is 1. The molecule has 6 rings (SSSR count). The lowest BCUT2D eigenvalue weighted by molar-refractivity contribution is -0.159. The Morgan fingerprint density at radius 1 is 0.721 bits per heavy atom. The largest absolute Gasteiger partial charge is 0.473 e. The minimum absolute atomic E-state index is 0.0131. The number of nitrogens with zero attached hydrogens (tertiary/aromatic N) is 7. The molecule has 2 aliphatic rings. The third-order valence-corrected chi connectivity index (χ3v) is 11.4. The van der Waals surface area contributed by atoms with Crippen LogP contribution in [0.4, 0.5) is 4.39 Å². The van der Waals surface area contributed by atoms with Crippen molar-refractivity contribution in [3.05, 3.63) is 118 Å². The summed E-state index contributed by atoms with van der Waals surface area (Å²) in [6, 6.07) is 7.80. The number of hydrogen-bond donors (Lipinski definition) is 3. The van der Waals surface area contributed by atoms with Crippen LogP contribution in [-0.2, 0) is 61.3 Å². The molecule has 2 fully saturated rings. The lowest BCUT2D eigenvalue weighted by Crippen LogP contribution is -2.46. The van der Waals surface area contributed by atoms with Gasteiger partial charge in [-0.2, -0.15) is 0 Å². The Hall–Kier alpha value is -5.10. The average molecular weight is 872 g/mol. The molecule has 2 aliphatic heterocycles. The van der Waals surface area contributed by atoms with Crippen molar-refractivity contribution in [3.63, 3.8) is 0 Å². The van der Waals surface area contributed by atoms with Gasteiger partial charge in [0, 0.05) is 98.0 Å². The molecule has 0 radical (unpaired) electrons. The first-order chi connectivity index (χ1) is 28.7. The molecule has 18 heteroatoms. The number of hydrogen-bond acceptors (Lipinski definition) is 11. The minimum Gasteiger partial charge on any atom is -0.473 e. The van der Waals surface area contributed by atoms with Crippen LogP contribution in [0.2, 0.25) is 0 Å². The van der Waals surface area contributed by atoms with Crippen molar-refractivity contribution in [2.75, 3.05) is 19.0 Å². The zero-order chi connectivity index (χ0) is 45.7. The zero-order valence-corrected chi connectivity index (χ0v) is 37.3. The number of alkyl halides is 1. The molecule has 2 atom stereocenters. The van der Waals surface area contributed by atoms with Gasteiger partial charge >= 0.3 is 11.9 Å². The van der Waals surface area contributed by atoms with Crippen molar-refractivity contribution in [2.24, 2.45) is 21.1 Å². The molecule has 16 nitrogen and oxygen atoms in total. The highest BCUT2D eigenvalue weighted by molar-refractivity contribution is 6.27. The van der Waals surface area contributed by atoms with E-state index in [0.717, 1.165) is 65.7 Å². The van der Waals surface area contributed by atoms with Crippen LogP contribution in [-0.4, -0.2) is 98.0 Å². The smallest absolute Gasteiger partial charge is 0.414 e. The molecule has 3 N–H and O–H groups in total. The molecular formula is C43H59ClFN7O9. The summed E-state index contributed by atoms with van der Waals surface area (Å²) in [6.07, 6.45) is 6.20. The van der Waals surface area contributed by atoms with E-state index in [0.29, 0.717) is 54.4 Å². The van der Waals surface area contributed by atoms with Crippen LogP contribution in [0.15, 0.2) is 38.6 Å². The number of halogens is 2. The van der Waals surface area contributed by atoms with Crippen LogP contribution in [0.3, 0.4) is 0 Å². The third-order valence-electron chi connectivity index (χ3n) is 11.2. The van der Waals surface area contributed by atoms with Gasteiger partial charge in [0.1, 0.15) is 23.3 Å². The molecule has 2 saturated heterocycles. The number of piperidine rings is 1. The van der Waals surface area contributed by atoms with Crippen molar-refractivity contribution in [3.8, 4) is 0 Å². The van der Waals surface area contributed by atoms with Gasteiger partial charge in [0.15, 0.2) is 0 Å². The van der Waals surface area contributed by atoms with Crippen LogP contribution in [0, 0.1) is 47.4 Å². The first kappa shape index (κ1) is 50.3. The predicted molar refractivity (Wildman–Crippen MR) is 229 cm³/mol. The van der Waals surface area contributed by atoms with Crippen molar-refractivity contribution in [2.45, 2.75) is 111 Å². The maximum atomic E-state index is 13.8. The molecule has 2 unspecified atom stereocenters. The molecule has 0 aliphatic carbocycles. The molecule has 2 bridgehead atoms. The summed E-state index contributed by atoms with van der Waals surface area (Å²) in [5.41, 5.74) is 5.18. The van der Waals surface area contributed by atoms with E-state index < -0.39 is 11.9 Å². The number of aliphatic hydroxyl groups excluding tert-OH is 1. The first-order valence-corrected chi connectivity index (χ1v) is 20.6. The molecule has 5 heterocycles. The van der Waals surface area contributed by atoms with E-state index >= 15 is 0 Å². The highest BCUT2D eigenvalue weighted by Gasteiger charge is 2.41. The molecule has 0 spiro atoms. The van der Waals surface area contributed by atoms with E-state index in [1.165, 1.54) is 23.5 Å². The van der Waals surface area contributed by atoms with Crippen LogP contribution in [0.1, 0.15) is 82.5 Å². The maximum absolute atomic E-state index is 13.8. The number of aromatic nitrogens is 6. The Morgan fingerprint density at radius 3 is 1.52 bits per heavy atom. The molecule has 3 aromatic heterocycles. The fourth-order valence-electron chi connectivity index (χ4n) is 7.53. The normalized spacial score (nSPS) is 16.7. The Bertz CT molecular complexity index is 2250. The number of aliphatic carboxylic acids is 2. The van der Waals surface area contributed by atoms with Crippen LogP contribution in [0.25, 0.3) is 0 Å². The number of rotatable bonds is 10. The molecule has 0 saturated carbocycles. The van der Waals surface area contributed by atoms with E-state index in [1.807, 2.05) is 33.8 Å². The zero-order valence-electron chi connectivity index (χ0n) is 36.5. The number of carboxylic acid groups (broad SMARTS) is 2. The third kappa shape index (κ3) is 13.4. The van der Waals surface area contributed by atoms with Gasteiger partial charge in [-0.3, -0.25) is 33.0 Å². The van der Waals surface area contributed by atoms with E-state index in [2.05, 4.69) is 19.9 Å². The summed E-state index contributed by atoms with van der Waals surface area (Å²) in [5, 5.41) is 23.5. The second kappa shape index (κ2) is 23.2. The Balaban J connectivity index is 0.000000257. The van der Waals surface area contributed by atoms with Gasteiger partial charge in [-0.15, -0.1) is 11.6 Å². The monoisotopic (exact) mass is 871 g/mol. The Morgan fingerprint density at radius 2 is 1.13 bits per heavy atom. The van der Waals surface area contributed by atoms with Crippen LogP contribution < -0.4 is 16.7 Å². The van der Waals surface area contributed by atoms with Gasteiger partial charge in [-0.05, 0) is 86.1 Å². The standard InChI is InChI=1S/C23H30FN3O2.C9H13ClN2O.C9H14N2O2.C2H2O4/c1-15-21(23(28)26(3)16(2)25-15)10-11-27-18-8-9-19(27)13-20(12-18)29-14-17-6-4-5-7-22(17)24;1-6-8(4-5-10)9(13)12(3)7(2)11-6;1-6-8(4-5-12)9(13)11(3)7(2)10-6;3-1(4)2(5)6/h4-7,18-20H,8-14H2,1-3H3;4-5H2,1-3H3;12H,4-5H2,1-3H3;(H,3,4)(H,5,6). The number of carboxylic acids is 2. The maximum Gasteiger partial charge on any atom is 0.414 e. The summed E-state index contributed by atoms with van der Waals surface area (Å²) >= 11 is 5.60. The van der Waals surface area contributed by atoms with Gasteiger partial charge in [0.25, 0.3) is 16.7 Å². The summed E-state index contributed by atoms with van der Waals surface area (Å²) < 4.78 is 24.6. The van der Waals surface area contributed by atoms with Crippen molar-refractivity contribution < 1.29 is 34.0 Å². The van der Waals surface area contributed by atoms with E-state index in [1.54, 1.807) is 56.3 Å². The van der Waals surface area contributed by atoms with Gasteiger partial charge in [-0.25, -0.2) is 28.9 Å². The molecule has 1 aromatic carbocycles. The number of carbonyl (C=O) groups is 2. The quantitative estimate of drug-likeness (QED) is 0.154. The van der Waals surface area contributed by atoms with Crippen molar-refractivity contribution in [1.29, 1.82) is 0 Å². The average Bonchev–Trinajstić information content (AvgIpc) is 3.45. The fourth-order valence-corrected chi connectivity index (χ4v) is 7.72. The van der Waals surface area contributed by atoms with Gasteiger partial charge in [-0.1, -0.05) is 18.2 Å². The Kier molecular flexibility index (Phi) is 19.1. The molecule has 4 aromatic rings. The molecule has 334 valence electrons. The minimum atomic E-state index is -1.82. The van der Waals surface area contributed by atoms with E-state index in [-0.39, 0.29) is 35.2 Å². The highest BCUT2D eigenvalue weighted by Crippen LogP contribution is 2.37. The summed E-state index contributed by atoms with van der Waals surface area (Å²) in [5.74, 6) is -1.20. The SMILES string of the molecule is Cc1nc(C)n(C)c(=O)c1CCCl.Cc1nc(C)n(C)c(=O)c1CCN1C2CCC1CC(OCc1ccccc1F)C2.Cc1nc(C)n(C)c(=O)c1CCO.O=C(O)C(=O)O. The second-order valence-electron chi connectivity index (χ2n) is 15.2. The molecular weight excluding hydrogens is 813 g/mol. The van der Waals surface area contributed by atoms with Crippen LogP contribution >= 0.6 is 11.6 Å². The summed E-state index contributed by atoms with van der Waals surface area (Å²) in [4.78, 5) is 69.6. The Labute approximate surface area is 359 Å². The summed E-state index contributed by atoms with van der Waals surface area (Å²) in [6.45, 7) is 12.2. The van der Waals surface area contributed by atoms with E-state index in [9.17, 15) is 18.8 Å². The van der Waals surface area contributed by atoms with Gasteiger partial charge in [0.2, 0.25) is 0 Å². The van der Waals surface area contributed by atoms with Crippen molar-refractivity contribution >= 4 is 23.5 Å². The fraction of sp³-hybridized carbons (Fsp3) is 0.535. The number of benzene rings is 1. The lowest BCUT2D eigenvalue weighted by Gasteiger charge is -2.39. The van der Waals surface area contributed by atoms with E-state index in [4.69, 9.17) is 41.2 Å². The molecule has 61 heavy (non-hydrogen) atoms. The topological polar surface area (TPSA) is 212 Å². The number of aryl methyl sites for hydroxylation is 6.